The van der Waals surface area contributed by atoms with Crippen LogP contribution in [0.25, 0.3) is 10.9 Å². The molecule has 1 amide bonds. The molecule has 4 aliphatic heterocycles. The van der Waals surface area contributed by atoms with Gasteiger partial charge in [0.2, 0.25) is 0 Å². The summed E-state index contributed by atoms with van der Waals surface area (Å²) in [5.74, 6) is -0.218. The van der Waals surface area contributed by atoms with Crippen molar-refractivity contribution in [1.29, 1.82) is 0 Å². The lowest BCUT2D eigenvalue weighted by Crippen LogP contribution is -2.57. The maximum Gasteiger partial charge on any atom is 0.410 e. The van der Waals surface area contributed by atoms with Gasteiger partial charge in [0, 0.05) is 25.3 Å². The van der Waals surface area contributed by atoms with Crippen LogP contribution >= 0.6 is 11.6 Å². The fourth-order valence-corrected chi connectivity index (χ4v) is 7.11. The van der Waals surface area contributed by atoms with E-state index in [0.29, 0.717) is 30.9 Å². The molecule has 4 atom stereocenters. The quantitative estimate of drug-likeness (QED) is 0.481. The Labute approximate surface area is 231 Å². The predicted molar refractivity (Wildman–Crippen MR) is 143 cm³/mol. The number of fused-ring (bicyclic) bond motifs is 4. The van der Waals surface area contributed by atoms with Gasteiger partial charge >= 0.3 is 12.1 Å². The maximum atomic E-state index is 15.2. The highest BCUT2D eigenvalue weighted by Gasteiger charge is 2.50. The number of rotatable bonds is 5. The lowest BCUT2D eigenvalue weighted by Gasteiger charge is -2.42. The molecule has 2 bridgehead atoms. The number of piperazine rings is 1. The smallest absolute Gasteiger partial charge is 0.410 e. The summed E-state index contributed by atoms with van der Waals surface area (Å²) in [5.41, 5.74) is -0.781. The number of ether oxygens (including phenoxy) is 2. The standard InChI is InChI=1S/C27H35ClF2N6O3/c1-26(2,3)39-25(37)36-17-5-6-18(36)14-34(13-17)23-19-12-31-22(28)20(30)21(19)32-24(33-23)38-15-27-8-4-10-35(27)16(11-29)7-9-27/h12,16-18H,4-11,13-15H2,1-3H3. The number of carbonyl (C=O) groups excluding carboxylic acids is 1. The highest BCUT2D eigenvalue weighted by molar-refractivity contribution is 6.30. The average Bonchev–Trinajstić information content (AvgIpc) is 3.53. The molecule has 6 rings (SSSR count). The molecule has 4 aliphatic rings. The summed E-state index contributed by atoms with van der Waals surface area (Å²) in [6.07, 6.45) is 6.43. The van der Waals surface area contributed by atoms with Crippen LogP contribution in [-0.4, -0.2) is 93.0 Å². The number of carbonyl (C=O) groups is 1. The van der Waals surface area contributed by atoms with E-state index in [1.165, 1.54) is 6.20 Å². The van der Waals surface area contributed by atoms with Gasteiger partial charge in [0.05, 0.1) is 23.0 Å². The summed E-state index contributed by atoms with van der Waals surface area (Å²) in [6.45, 7) is 7.40. The summed E-state index contributed by atoms with van der Waals surface area (Å²) in [7, 11) is 0. The number of anilines is 1. The molecular formula is C27H35ClF2N6O3. The first-order chi connectivity index (χ1) is 18.6. The van der Waals surface area contributed by atoms with Crippen molar-refractivity contribution < 1.29 is 23.0 Å². The van der Waals surface area contributed by atoms with Gasteiger partial charge in [-0.3, -0.25) is 9.80 Å². The van der Waals surface area contributed by atoms with E-state index in [9.17, 15) is 9.18 Å². The highest BCUT2D eigenvalue weighted by Crippen LogP contribution is 2.43. The first kappa shape index (κ1) is 26.7. The third kappa shape index (κ3) is 4.75. The van der Waals surface area contributed by atoms with E-state index in [1.54, 1.807) is 0 Å². The summed E-state index contributed by atoms with van der Waals surface area (Å²) in [5, 5.41) is 0.170. The fourth-order valence-electron chi connectivity index (χ4n) is 6.97. The number of halogens is 3. The molecule has 212 valence electrons. The van der Waals surface area contributed by atoms with E-state index in [2.05, 4.69) is 19.8 Å². The normalized spacial score (nSPS) is 28.8. The number of hydrogen-bond donors (Lipinski definition) is 0. The van der Waals surface area contributed by atoms with Crippen LogP contribution in [0.2, 0.25) is 5.15 Å². The van der Waals surface area contributed by atoms with Crippen molar-refractivity contribution in [3.05, 3.63) is 17.2 Å². The number of alkyl halides is 1. The number of hydrogen-bond acceptors (Lipinski definition) is 8. The van der Waals surface area contributed by atoms with Crippen molar-refractivity contribution >= 4 is 34.4 Å². The van der Waals surface area contributed by atoms with Gasteiger partial charge in [0.1, 0.15) is 30.2 Å². The molecule has 0 saturated carbocycles. The number of nitrogens with zero attached hydrogens (tertiary/aromatic N) is 6. The third-order valence-electron chi connectivity index (χ3n) is 8.67. The Morgan fingerprint density at radius 1 is 1.18 bits per heavy atom. The Morgan fingerprint density at radius 3 is 2.62 bits per heavy atom. The van der Waals surface area contributed by atoms with Crippen molar-refractivity contribution in [3.8, 4) is 6.01 Å². The van der Waals surface area contributed by atoms with Crippen LogP contribution in [0.3, 0.4) is 0 Å². The van der Waals surface area contributed by atoms with Crippen LogP contribution in [0.15, 0.2) is 6.20 Å². The summed E-state index contributed by atoms with van der Waals surface area (Å²) in [6, 6.07) is -0.131. The molecule has 0 spiro atoms. The number of pyridine rings is 1. The molecule has 6 heterocycles. The fraction of sp³-hybridized carbons (Fsp3) is 0.704. The van der Waals surface area contributed by atoms with Gasteiger partial charge in [-0.2, -0.15) is 9.97 Å². The molecule has 4 unspecified atom stereocenters. The Balaban J connectivity index is 1.29. The summed E-state index contributed by atoms with van der Waals surface area (Å²) < 4.78 is 40.6. The lowest BCUT2D eigenvalue weighted by atomic mass is 9.95. The van der Waals surface area contributed by atoms with E-state index >= 15 is 4.39 Å². The topological polar surface area (TPSA) is 83.9 Å². The van der Waals surface area contributed by atoms with Crippen molar-refractivity contribution in [2.24, 2.45) is 0 Å². The van der Waals surface area contributed by atoms with Gasteiger partial charge in [0.25, 0.3) is 0 Å². The minimum atomic E-state index is -0.725. The molecule has 4 fully saturated rings. The number of aromatic nitrogens is 3. The zero-order valence-corrected chi connectivity index (χ0v) is 23.4. The zero-order chi connectivity index (χ0) is 27.5. The van der Waals surface area contributed by atoms with Crippen molar-refractivity contribution in [1.82, 2.24) is 24.8 Å². The van der Waals surface area contributed by atoms with Crippen LogP contribution in [0.5, 0.6) is 6.01 Å². The summed E-state index contributed by atoms with van der Waals surface area (Å²) >= 11 is 6.02. The van der Waals surface area contributed by atoms with Gasteiger partial charge in [-0.25, -0.2) is 18.6 Å². The summed E-state index contributed by atoms with van der Waals surface area (Å²) in [4.78, 5) is 32.2. The molecule has 39 heavy (non-hydrogen) atoms. The number of amides is 1. The first-order valence-electron chi connectivity index (χ1n) is 13.8. The Bertz CT molecular complexity index is 1260. The molecule has 0 N–H and O–H groups in total. The third-order valence-corrected chi connectivity index (χ3v) is 8.93. The van der Waals surface area contributed by atoms with Crippen molar-refractivity contribution in [2.45, 2.75) is 88.6 Å². The van der Waals surface area contributed by atoms with E-state index in [0.717, 1.165) is 45.1 Å². The van der Waals surface area contributed by atoms with Crippen LogP contribution in [-0.2, 0) is 4.74 Å². The van der Waals surface area contributed by atoms with Crippen LogP contribution in [0, 0.1) is 5.82 Å². The van der Waals surface area contributed by atoms with Crippen molar-refractivity contribution in [2.75, 3.05) is 37.8 Å². The van der Waals surface area contributed by atoms with Gasteiger partial charge in [-0.15, -0.1) is 0 Å². The lowest BCUT2D eigenvalue weighted by molar-refractivity contribution is 0.0122. The Morgan fingerprint density at radius 2 is 1.92 bits per heavy atom. The zero-order valence-electron chi connectivity index (χ0n) is 22.6. The molecular weight excluding hydrogens is 530 g/mol. The Hall–Kier alpha value is -2.53. The highest BCUT2D eigenvalue weighted by atomic mass is 35.5. The van der Waals surface area contributed by atoms with Gasteiger partial charge in [-0.05, 0) is 65.8 Å². The second-order valence-electron chi connectivity index (χ2n) is 12.3. The molecule has 4 saturated heterocycles. The molecule has 2 aromatic rings. The first-order valence-corrected chi connectivity index (χ1v) is 14.2. The van der Waals surface area contributed by atoms with Gasteiger partial charge in [0.15, 0.2) is 11.0 Å². The molecule has 0 aromatic carbocycles. The minimum Gasteiger partial charge on any atom is -0.461 e. The second kappa shape index (κ2) is 9.83. The van der Waals surface area contributed by atoms with Crippen LogP contribution in [0.4, 0.5) is 19.4 Å². The monoisotopic (exact) mass is 564 g/mol. The van der Waals surface area contributed by atoms with E-state index in [-0.39, 0.29) is 53.1 Å². The van der Waals surface area contributed by atoms with Crippen LogP contribution < -0.4 is 9.64 Å². The molecule has 2 aromatic heterocycles. The van der Waals surface area contributed by atoms with Gasteiger partial charge in [-0.1, -0.05) is 11.6 Å². The molecule has 0 radical (unpaired) electrons. The van der Waals surface area contributed by atoms with Crippen LogP contribution in [0.1, 0.15) is 59.3 Å². The molecule has 9 nitrogen and oxygen atoms in total. The second-order valence-corrected chi connectivity index (χ2v) is 12.6. The predicted octanol–water partition coefficient (Wildman–Crippen LogP) is 4.75. The maximum absolute atomic E-state index is 15.2. The SMILES string of the molecule is CC(C)(C)OC(=O)N1C2CCC1CN(c1nc(OCC34CCCN3C(CF)CC4)nc3c(F)c(Cl)ncc13)C2. The van der Waals surface area contributed by atoms with Gasteiger partial charge < -0.3 is 14.4 Å². The van der Waals surface area contributed by atoms with Crippen molar-refractivity contribution in [3.63, 3.8) is 0 Å². The van der Waals surface area contributed by atoms with E-state index in [1.807, 2.05) is 25.7 Å². The largest absolute Gasteiger partial charge is 0.461 e. The average molecular weight is 565 g/mol. The van der Waals surface area contributed by atoms with E-state index in [4.69, 9.17) is 26.1 Å². The Kier molecular flexibility index (Phi) is 6.73. The van der Waals surface area contributed by atoms with E-state index < -0.39 is 11.4 Å². The molecule has 0 aliphatic carbocycles. The molecule has 12 heteroatoms. The minimum absolute atomic E-state index is 0.0470.